The molecule has 0 aromatic heterocycles. The van der Waals surface area contributed by atoms with Gasteiger partial charge in [0.05, 0.1) is 0 Å². The Balaban J connectivity index is 1.67. The van der Waals surface area contributed by atoms with Crippen LogP contribution in [-0.4, -0.2) is 18.1 Å². The fourth-order valence-electron chi connectivity index (χ4n) is 3.57. The summed E-state index contributed by atoms with van der Waals surface area (Å²) in [5.74, 6) is 1.86. The highest BCUT2D eigenvalue weighted by Crippen LogP contribution is 2.30. The molecule has 0 heterocycles. The molecule has 2 aliphatic rings. The highest BCUT2D eigenvalue weighted by molar-refractivity contribution is 4.85. The lowest BCUT2D eigenvalue weighted by molar-refractivity contribution is 0.214. The van der Waals surface area contributed by atoms with E-state index in [4.69, 9.17) is 5.73 Å². The minimum Gasteiger partial charge on any atom is -0.328 e. The maximum Gasteiger partial charge on any atom is 0.00708 e. The first-order chi connectivity index (χ1) is 8.15. The zero-order valence-electron chi connectivity index (χ0n) is 11.6. The second kappa shape index (κ2) is 6.19. The van der Waals surface area contributed by atoms with Crippen molar-refractivity contribution in [2.45, 2.75) is 83.3 Å². The van der Waals surface area contributed by atoms with E-state index in [9.17, 15) is 0 Å². The van der Waals surface area contributed by atoms with Gasteiger partial charge in [-0.25, -0.2) is 0 Å². The molecular formula is C15H30N2. The van der Waals surface area contributed by atoms with Crippen molar-refractivity contribution in [3.05, 3.63) is 0 Å². The summed E-state index contributed by atoms with van der Waals surface area (Å²) in [6.45, 7) is 4.75. The van der Waals surface area contributed by atoms with Crippen LogP contribution in [0.4, 0.5) is 0 Å². The van der Waals surface area contributed by atoms with Crippen molar-refractivity contribution in [3.63, 3.8) is 0 Å². The number of hydrogen-bond acceptors (Lipinski definition) is 2. The Kier molecular flexibility index (Phi) is 4.87. The lowest BCUT2D eigenvalue weighted by Crippen LogP contribution is -2.44. The van der Waals surface area contributed by atoms with Crippen molar-refractivity contribution < 1.29 is 0 Å². The Bertz CT molecular complexity index is 211. The lowest BCUT2D eigenvalue weighted by atomic mass is 9.79. The van der Waals surface area contributed by atoms with Crippen LogP contribution in [-0.2, 0) is 0 Å². The summed E-state index contributed by atoms with van der Waals surface area (Å²) in [5.41, 5.74) is 5.95. The van der Waals surface area contributed by atoms with Gasteiger partial charge in [-0.3, -0.25) is 0 Å². The zero-order chi connectivity index (χ0) is 12.3. The van der Waals surface area contributed by atoms with Gasteiger partial charge in [0, 0.05) is 18.1 Å². The highest BCUT2D eigenvalue weighted by atomic mass is 15.0. The Morgan fingerprint density at radius 2 is 1.29 bits per heavy atom. The highest BCUT2D eigenvalue weighted by Gasteiger charge is 2.26. The van der Waals surface area contributed by atoms with Gasteiger partial charge in [0.1, 0.15) is 0 Å². The summed E-state index contributed by atoms with van der Waals surface area (Å²) in [7, 11) is 0. The van der Waals surface area contributed by atoms with E-state index in [1.165, 1.54) is 51.4 Å². The summed E-state index contributed by atoms with van der Waals surface area (Å²) in [5, 5.41) is 3.88. The molecule has 2 nitrogen and oxygen atoms in total. The normalized spacial score (nSPS) is 39.5. The lowest BCUT2D eigenvalue weighted by Gasteiger charge is -2.35. The Labute approximate surface area is 107 Å². The molecule has 0 amide bonds. The Morgan fingerprint density at radius 1 is 0.824 bits per heavy atom. The maximum atomic E-state index is 5.95. The van der Waals surface area contributed by atoms with Crippen LogP contribution in [0.15, 0.2) is 0 Å². The summed E-state index contributed by atoms with van der Waals surface area (Å²) < 4.78 is 0. The van der Waals surface area contributed by atoms with E-state index in [1.54, 1.807) is 0 Å². The third-order valence-electron chi connectivity index (χ3n) is 4.96. The van der Waals surface area contributed by atoms with Crippen LogP contribution < -0.4 is 11.1 Å². The van der Waals surface area contributed by atoms with Crippen molar-refractivity contribution in [3.8, 4) is 0 Å². The smallest absolute Gasteiger partial charge is 0.00708 e. The monoisotopic (exact) mass is 238 g/mol. The van der Waals surface area contributed by atoms with Gasteiger partial charge in [-0.15, -0.1) is 0 Å². The quantitative estimate of drug-likeness (QED) is 0.793. The van der Waals surface area contributed by atoms with E-state index >= 15 is 0 Å². The SMILES string of the molecule is CC(C)C1CCC(NC2CCC(N)CC2)CC1. The third-order valence-corrected chi connectivity index (χ3v) is 4.96. The fraction of sp³-hybridized carbons (Fsp3) is 1.00. The molecule has 0 aromatic rings. The summed E-state index contributed by atoms with van der Waals surface area (Å²) in [4.78, 5) is 0. The van der Waals surface area contributed by atoms with Crippen molar-refractivity contribution in [2.75, 3.05) is 0 Å². The van der Waals surface area contributed by atoms with Crippen molar-refractivity contribution >= 4 is 0 Å². The van der Waals surface area contributed by atoms with Gasteiger partial charge in [0.2, 0.25) is 0 Å². The average molecular weight is 238 g/mol. The molecule has 3 N–H and O–H groups in total. The molecule has 2 fully saturated rings. The third kappa shape index (κ3) is 3.96. The second-order valence-corrected chi connectivity index (χ2v) is 6.63. The molecule has 2 rings (SSSR count). The predicted molar refractivity (Wildman–Crippen MR) is 74.0 cm³/mol. The molecule has 0 spiro atoms. The van der Waals surface area contributed by atoms with Crippen LogP contribution in [0.3, 0.4) is 0 Å². The molecule has 0 unspecified atom stereocenters. The number of nitrogens with one attached hydrogen (secondary N) is 1. The van der Waals surface area contributed by atoms with Crippen LogP contribution in [0.5, 0.6) is 0 Å². The van der Waals surface area contributed by atoms with Gasteiger partial charge in [0.25, 0.3) is 0 Å². The minimum absolute atomic E-state index is 0.477. The summed E-state index contributed by atoms with van der Waals surface area (Å²) in [6.07, 6.45) is 10.7. The fourth-order valence-corrected chi connectivity index (χ4v) is 3.57. The van der Waals surface area contributed by atoms with Crippen molar-refractivity contribution in [1.29, 1.82) is 0 Å². The Hall–Kier alpha value is -0.0800. The van der Waals surface area contributed by atoms with E-state index in [2.05, 4.69) is 19.2 Å². The average Bonchev–Trinajstić information content (AvgIpc) is 2.33. The number of hydrogen-bond donors (Lipinski definition) is 2. The molecule has 2 saturated carbocycles. The first-order valence-corrected chi connectivity index (χ1v) is 7.66. The maximum absolute atomic E-state index is 5.95. The molecule has 0 radical (unpaired) electrons. The standard InChI is InChI=1S/C15H30N2/c1-11(2)12-3-7-14(8-4-12)17-15-9-5-13(16)6-10-15/h11-15,17H,3-10,16H2,1-2H3. The molecule has 0 atom stereocenters. The van der Waals surface area contributed by atoms with E-state index < -0.39 is 0 Å². The largest absolute Gasteiger partial charge is 0.328 e. The minimum atomic E-state index is 0.477. The van der Waals surface area contributed by atoms with Crippen LogP contribution in [0, 0.1) is 11.8 Å². The first-order valence-electron chi connectivity index (χ1n) is 7.66. The van der Waals surface area contributed by atoms with Crippen LogP contribution >= 0.6 is 0 Å². The van der Waals surface area contributed by atoms with E-state index in [0.717, 1.165) is 23.9 Å². The van der Waals surface area contributed by atoms with Gasteiger partial charge < -0.3 is 11.1 Å². The zero-order valence-corrected chi connectivity index (χ0v) is 11.6. The molecule has 2 heteroatoms. The molecule has 0 aromatic carbocycles. The van der Waals surface area contributed by atoms with Gasteiger partial charge in [-0.05, 0) is 63.2 Å². The first kappa shape index (κ1) is 13.4. The van der Waals surface area contributed by atoms with Gasteiger partial charge >= 0.3 is 0 Å². The number of rotatable bonds is 3. The molecule has 2 aliphatic carbocycles. The Morgan fingerprint density at radius 3 is 1.76 bits per heavy atom. The van der Waals surface area contributed by atoms with E-state index in [-0.39, 0.29) is 0 Å². The molecule has 0 saturated heterocycles. The van der Waals surface area contributed by atoms with Gasteiger partial charge in [-0.1, -0.05) is 13.8 Å². The van der Waals surface area contributed by atoms with E-state index in [1.807, 2.05) is 0 Å². The topological polar surface area (TPSA) is 38.0 Å². The van der Waals surface area contributed by atoms with Crippen LogP contribution in [0.2, 0.25) is 0 Å². The van der Waals surface area contributed by atoms with Gasteiger partial charge in [-0.2, -0.15) is 0 Å². The van der Waals surface area contributed by atoms with Crippen molar-refractivity contribution in [1.82, 2.24) is 5.32 Å². The summed E-state index contributed by atoms with van der Waals surface area (Å²) in [6, 6.07) is 2.03. The summed E-state index contributed by atoms with van der Waals surface area (Å²) >= 11 is 0. The van der Waals surface area contributed by atoms with Crippen LogP contribution in [0.1, 0.15) is 65.2 Å². The molecule has 0 aliphatic heterocycles. The molecule has 100 valence electrons. The second-order valence-electron chi connectivity index (χ2n) is 6.63. The predicted octanol–water partition coefficient (Wildman–Crippen LogP) is 3.06. The molecular weight excluding hydrogens is 208 g/mol. The molecule has 17 heavy (non-hydrogen) atoms. The van der Waals surface area contributed by atoms with Crippen molar-refractivity contribution in [2.24, 2.45) is 17.6 Å². The number of nitrogens with two attached hydrogens (primary N) is 1. The van der Waals surface area contributed by atoms with Gasteiger partial charge in [0.15, 0.2) is 0 Å². The molecule has 0 bridgehead atoms. The van der Waals surface area contributed by atoms with Crippen LogP contribution in [0.25, 0.3) is 0 Å². The van der Waals surface area contributed by atoms with E-state index in [0.29, 0.717) is 6.04 Å².